The van der Waals surface area contributed by atoms with Crippen molar-refractivity contribution < 1.29 is 5.21 Å². The van der Waals surface area contributed by atoms with Crippen molar-refractivity contribution >= 4 is 0 Å². The Kier molecular flexibility index (Phi) is 3.77. The van der Waals surface area contributed by atoms with Crippen molar-refractivity contribution in [3.05, 3.63) is 0 Å². The molecule has 0 radical (unpaired) electrons. The molecular formula is C6H16N2O. The summed E-state index contributed by atoms with van der Waals surface area (Å²) in [6.07, 6.45) is 0. The molecule has 0 atom stereocenters. The molecule has 3 nitrogen and oxygen atoms in total. The van der Waals surface area contributed by atoms with Crippen LogP contribution in [0.5, 0.6) is 0 Å². The molecule has 0 spiro atoms. The SMILES string of the molecule is CC(C)N(NO)C(C)C. The van der Waals surface area contributed by atoms with Crippen LogP contribution in [-0.2, 0) is 0 Å². The molecule has 0 saturated heterocycles. The van der Waals surface area contributed by atoms with Crippen molar-refractivity contribution in [2.24, 2.45) is 0 Å². The Bertz CT molecular complexity index is 65.5. The summed E-state index contributed by atoms with van der Waals surface area (Å²) in [4.78, 5) is 0. The highest BCUT2D eigenvalue weighted by Crippen LogP contribution is 1.98. The van der Waals surface area contributed by atoms with Gasteiger partial charge >= 0.3 is 0 Å². The van der Waals surface area contributed by atoms with Crippen LogP contribution >= 0.6 is 0 Å². The fourth-order valence-electron chi connectivity index (χ4n) is 0.827. The lowest BCUT2D eigenvalue weighted by Crippen LogP contribution is -2.45. The van der Waals surface area contributed by atoms with Crippen LogP contribution in [0, 0.1) is 0 Å². The summed E-state index contributed by atoms with van der Waals surface area (Å²) in [5.41, 5.74) is 2.13. The number of hydrazine groups is 1. The Morgan fingerprint density at radius 2 is 1.44 bits per heavy atom. The Balaban J connectivity index is 3.68. The van der Waals surface area contributed by atoms with Gasteiger partial charge < -0.3 is 5.21 Å². The standard InChI is InChI=1S/C6H16N2O/c1-5(2)8(7-9)6(3)4/h5-7,9H,1-4H3. The number of hydrogen-bond acceptors (Lipinski definition) is 3. The van der Waals surface area contributed by atoms with E-state index in [1.54, 1.807) is 5.01 Å². The van der Waals surface area contributed by atoms with E-state index in [9.17, 15) is 0 Å². The second kappa shape index (κ2) is 3.82. The number of rotatable bonds is 3. The lowest BCUT2D eigenvalue weighted by molar-refractivity contribution is -0.0599. The summed E-state index contributed by atoms with van der Waals surface area (Å²) in [6.45, 7) is 8.07. The van der Waals surface area contributed by atoms with Crippen molar-refractivity contribution in [1.29, 1.82) is 0 Å². The minimum Gasteiger partial charge on any atom is -0.302 e. The zero-order valence-corrected chi connectivity index (χ0v) is 6.55. The van der Waals surface area contributed by atoms with Crippen LogP contribution in [0.25, 0.3) is 0 Å². The monoisotopic (exact) mass is 132 g/mol. The molecule has 0 bridgehead atoms. The lowest BCUT2D eigenvalue weighted by atomic mass is 10.3. The molecule has 0 aromatic heterocycles. The first kappa shape index (κ1) is 8.88. The average Bonchev–Trinajstić information content (AvgIpc) is 1.64. The van der Waals surface area contributed by atoms with Crippen LogP contribution in [0.3, 0.4) is 0 Å². The first-order chi connectivity index (χ1) is 4.09. The highest BCUT2D eigenvalue weighted by atomic mass is 16.5. The molecule has 0 aliphatic carbocycles. The molecule has 0 aliphatic rings. The molecule has 56 valence electrons. The van der Waals surface area contributed by atoms with Gasteiger partial charge in [-0.15, -0.1) is 5.59 Å². The van der Waals surface area contributed by atoms with Gasteiger partial charge in [-0.3, -0.25) is 0 Å². The van der Waals surface area contributed by atoms with Gasteiger partial charge in [-0.1, -0.05) is 0 Å². The van der Waals surface area contributed by atoms with Gasteiger partial charge in [0.1, 0.15) is 0 Å². The lowest BCUT2D eigenvalue weighted by Gasteiger charge is -2.27. The molecule has 0 amide bonds. The largest absolute Gasteiger partial charge is 0.302 e. The third kappa shape index (κ3) is 2.79. The van der Waals surface area contributed by atoms with Gasteiger partial charge in [0.2, 0.25) is 0 Å². The smallest absolute Gasteiger partial charge is 0.0211 e. The molecule has 0 aromatic carbocycles. The summed E-state index contributed by atoms with van der Waals surface area (Å²) in [5.74, 6) is 0. The van der Waals surface area contributed by atoms with E-state index in [2.05, 4.69) is 5.59 Å². The summed E-state index contributed by atoms with van der Waals surface area (Å²) in [7, 11) is 0. The molecule has 2 N–H and O–H groups in total. The van der Waals surface area contributed by atoms with E-state index in [0.717, 1.165) is 0 Å². The first-order valence-corrected chi connectivity index (χ1v) is 3.27. The molecular weight excluding hydrogens is 116 g/mol. The highest BCUT2D eigenvalue weighted by Gasteiger charge is 2.10. The zero-order valence-electron chi connectivity index (χ0n) is 6.55. The van der Waals surface area contributed by atoms with Gasteiger partial charge in [0.05, 0.1) is 0 Å². The van der Waals surface area contributed by atoms with E-state index in [-0.39, 0.29) is 0 Å². The van der Waals surface area contributed by atoms with Crippen molar-refractivity contribution in [3.63, 3.8) is 0 Å². The average molecular weight is 132 g/mol. The van der Waals surface area contributed by atoms with E-state index >= 15 is 0 Å². The van der Waals surface area contributed by atoms with Gasteiger partial charge in [0, 0.05) is 12.1 Å². The van der Waals surface area contributed by atoms with Crippen LogP contribution in [0.4, 0.5) is 0 Å². The van der Waals surface area contributed by atoms with Crippen LogP contribution in [0.2, 0.25) is 0 Å². The van der Waals surface area contributed by atoms with Crippen molar-refractivity contribution in [2.45, 2.75) is 39.8 Å². The molecule has 3 heteroatoms. The Morgan fingerprint density at radius 1 is 1.11 bits per heavy atom. The number of nitrogens with one attached hydrogen (secondary N) is 1. The molecule has 0 rings (SSSR count). The first-order valence-electron chi connectivity index (χ1n) is 3.27. The topological polar surface area (TPSA) is 35.5 Å². The van der Waals surface area contributed by atoms with E-state index in [4.69, 9.17) is 5.21 Å². The molecule has 0 fully saturated rings. The molecule has 0 aliphatic heterocycles. The summed E-state index contributed by atoms with van der Waals surface area (Å²) >= 11 is 0. The maximum absolute atomic E-state index is 8.54. The maximum atomic E-state index is 8.54. The van der Waals surface area contributed by atoms with Crippen LogP contribution in [-0.4, -0.2) is 22.3 Å². The minimum atomic E-state index is 0.329. The molecule has 9 heavy (non-hydrogen) atoms. The molecule has 0 aromatic rings. The second-order valence-corrected chi connectivity index (χ2v) is 2.69. The quantitative estimate of drug-likeness (QED) is 0.562. The van der Waals surface area contributed by atoms with Gasteiger partial charge in [-0.2, -0.15) is 0 Å². The van der Waals surface area contributed by atoms with Crippen molar-refractivity contribution in [3.8, 4) is 0 Å². The predicted octanol–water partition coefficient (Wildman–Crippen LogP) is 0.999. The van der Waals surface area contributed by atoms with Gasteiger partial charge in [0.25, 0.3) is 0 Å². The van der Waals surface area contributed by atoms with Crippen LogP contribution in [0.15, 0.2) is 0 Å². The Morgan fingerprint density at radius 3 is 1.44 bits per heavy atom. The number of hydrogen-bond donors (Lipinski definition) is 2. The summed E-state index contributed by atoms with van der Waals surface area (Å²) in [6, 6.07) is 0.657. The Labute approximate surface area is 56.6 Å². The van der Waals surface area contributed by atoms with Crippen LogP contribution < -0.4 is 5.59 Å². The highest BCUT2D eigenvalue weighted by molar-refractivity contribution is 4.58. The van der Waals surface area contributed by atoms with E-state index in [0.29, 0.717) is 12.1 Å². The van der Waals surface area contributed by atoms with Crippen molar-refractivity contribution in [1.82, 2.24) is 10.6 Å². The fourth-order valence-corrected chi connectivity index (χ4v) is 0.827. The normalized spacial score (nSPS) is 12.0. The third-order valence-electron chi connectivity index (χ3n) is 1.23. The van der Waals surface area contributed by atoms with Crippen LogP contribution in [0.1, 0.15) is 27.7 Å². The Hall–Kier alpha value is -0.120. The van der Waals surface area contributed by atoms with Gasteiger partial charge in [-0.25, -0.2) is 5.01 Å². The van der Waals surface area contributed by atoms with E-state index < -0.39 is 0 Å². The second-order valence-electron chi connectivity index (χ2n) is 2.69. The van der Waals surface area contributed by atoms with E-state index in [1.807, 2.05) is 27.7 Å². The third-order valence-corrected chi connectivity index (χ3v) is 1.23. The minimum absolute atomic E-state index is 0.329. The van der Waals surface area contributed by atoms with Gasteiger partial charge in [0.15, 0.2) is 0 Å². The number of nitrogens with zero attached hydrogens (tertiary/aromatic N) is 1. The van der Waals surface area contributed by atoms with E-state index in [1.165, 1.54) is 0 Å². The fraction of sp³-hybridized carbons (Fsp3) is 1.00. The molecule has 0 heterocycles. The molecule has 0 saturated carbocycles. The summed E-state index contributed by atoms with van der Waals surface area (Å²) in [5, 5.41) is 10.3. The molecule has 0 unspecified atom stereocenters. The predicted molar refractivity (Wildman–Crippen MR) is 37.0 cm³/mol. The van der Waals surface area contributed by atoms with Crippen molar-refractivity contribution in [2.75, 3.05) is 0 Å². The summed E-state index contributed by atoms with van der Waals surface area (Å²) < 4.78 is 0. The zero-order chi connectivity index (χ0) is 7.44. The maximum Gasteiger partial charge on any atom is 0.0211 e. The van der Waals surface area contributed by atoms with Gasteiger partial charge in [-0.05, 0) is 27.7 Å².